The van der Waals surface area contributed by atoms with Crippen molar-refractivity contribution in [3.63, 3.8) is 0 Å². The summed E-state index contributed by atoms with van der Waals surface area (Å²) >= 11 is 1.88. The summed E-state index contributed by atoms with van der Waals surface area (Å²) in [7, 11) is 0. The maximum absolute atomic E-state index is 10.9. The molecule has 1 aromatic carbocycles. The molecule has 0 aromatic heterocycles. The van der Waals surface area contributed by atoms with E-state index < -0.39 is 4.92 Å². The van der Waals surface area contributed by atoms with Gasteiger partial charge in [0.2, 0.25) is 0 Å². The molecule has 1 fully saturated rings. The van der Waals surface area contributed by atoms with Gasteiger partial charge in [-0.25, -0.2) is 0 Å². The van der Waals surface area contributed by atoms with Crippen molar-refractivity contribution < 1.29 is 10.1 Å². The Kier molecular flexibility index (Phi) is 4.67. The second-order valence-corrected chi connectivity index (χ2v) is 5.62. The SMILES string of the molecule is NC(=NO)c1cc([N+](=O)[O-])ccc1N1CCCSCC1. The van der Waals surface area contributed by atoms with E-state index in [1.165, 1.54) is 12.1 Å². The van der Waals surface area contributed by atoms with Crippen molar-refractivity contribution in [2.45, 2.75) is 6.42 Å². The van der Waals surface area contributed by atoms with Crippen molar-refractivity contribution in [3.05, 3.63) is 33.9 Å². The highest BCUT2D eigenvalue weighted by Gasteiger charge is 2.19. The van der Waals surface area contributed by atoms with Gasteiger partial charge in [-0.3, -0.25) is 10.1 Å². The number of benzene rings is 1. The van der Waals surface area contributed by atoms with Gasteiger partial charge in [0.05, 0.1) is 10.5 Å². The highest BCUT2D eigenvalue weighted by Crippen LogP contribution is 2.27. The minimum atomic E-state index is -0.490. The Morgan fingerprint density at radius 2 is 2.25 bits per heavy atom. The molecule has 0 aliphatic carbocycles. The van der Waals surface area contributed by atoms with Crippen LogP contribution in [0.2, 0.25) is 0 Å². The predicted molar refractivity (Wildman–Crippen MR) is 79.8 cm³/mol. The minimum absolute atomic E-state index is 0.0699. The van der Waals surface area contributed by atoms with Crippen molar-refractivity contribution >= 4 is 29.0 Å². The molecule has 7 nitrogen and oxygen atoms in total. The number of nitro benzene ring substituents is 1. The van der Waals surface area contributed by atoms with Crippen LogP contribution in [-0.2, 0) is 0 Å². The summed E-state index contributed by atoms with van der Waals surface area (Å²) < 4.78 is 0. The van der Waals surface area contributed by atoms with Crippen LogP contribution in [0.4, 0.5) is 11.4 Å². The number of nitro groups is 1. The molecule has 1 heterocycles. The number of non-ortho nitro benzene ring substituents is 1. The highest BCUT2D eigenvalue weighted by atomic mass is 32.2. The number of amidine groups is 1. The molecule has 0 amide bonds. The molecule has 0 atom stereocenters. The van der Waals surface area contributed by atoms with E-state index in [2.05, 4.69) is 10.1 Å². The van der Waals surface area contributed by atoms with E-state index in [1.807, 2.05) is 11.8 Å². The van der Waals surface area contributed by atoms with Gasteiger partial charge in [0.15, 0.2) is 5.84 Å². The third-order valence-corrected chi connectivity index (χ3v) is 4.19. The van der Waals surface area contributed by atoms with E-state index in [0.717, 1.165) is 36.7 Å². The lowest BCUT2D eigenvalue weighted by Gasteiger charge is -2.24. The van der Waals surface area contributed by atoms with E-state index in [0.29, 0.717) is 5.56 Å². The maximum atomic E-state index is 10.9. The summed E-state index contributed by atoms with van der Waals surface area (Å²) in [6.07, 6.45) is 1.04. The number of oxime groups is 1. The van der Waals surface area contributed by atoms with E-state index in [1.54, 1.807) is 6.07 Å². The Morgan fingerprint density at radius 3 is 2.95 bits per heavy atom. The zero-order valence-corrected chi connectivity index (χ0v) is 11.7. The molecule has 1 aliphatic heterocycles. The van der Waals surface area contributed by atoms with E-state index in [4.69, 9.17) is 10.9 Å². The Hall–Kier alpha value is -1.96. The topological polar surface area (TPSA) is 105 Å². The molecule has 1 saturated heterocycles. The highest BCUT2D eigenvalue weighted by molar-refractivity contribution is 7.99. The number of rotatable bonds is 3. The Morgan fingerprint density at radius 1 is 1.45 bits per heavy atom. The van der Waals surface area contributed by atoms with Gasteiger partial charge in [-0.05, 0) is 18.2 Å². The van der Waals surface area contributed by atoms with Crippen LogP contribution in [0.1, 0.15) is 12.0 Å². The zero-order chi connectivity index (χ0) is 14.5. The summed E-state index contributed by atoms with van der Waals surface area (Å²) in [6, 6.07) is 4.46. The summed E-state index contributed by atoms with van der Waals surface area (Å²) in [5.41, 5.74) is 6.75. The number of nitrogens with zero attached hydrogens (tertiary/aromatic N) is 3. The molecule has 108 valence electrons. The second-order valence-electron chi connectivity index (χ2n) is 4.40. The minimum Gasteiger partial charge on any atom is -0.409 e. The fraction of sp³-hybridized carbons (Fsp3) is 0.417. The normalized spacial score (nSPS) is 16.8. The fourth-order valence-electron chi connectivity index (χ4n) is 2.16. The first-order valence-electron chi connectivity index (χ1n) is 6.22. The zero-order valence-electron chi connectivity index (χ0n) is 10.9. The van der Waals surface area contributed by atoms with Gasteiger partial charge in [-0.1, -0.05) is 5.16 Å². The van der Waals surface area contributed by atoms with Crippen molar-refractivity contribution in [3.8, 4) is 0 Å². The summed E-state index contributed by atoms with van der Waals surface area (Å²) in [4.78, 5) is 12.5. The van der Waals surface area contributed by atoms with Gasteiger partial charge in [0.25, 0.3) is 5.69 Å². The lowest BCUT2D eigenvalue weighted by atomic mass is 10.1. The van der Waals surface area contributed by atoms with E-state index in [9.17, 15) is 10.1 Å². The van der Waals surface area contributed by atoms with Crippen LogP contribution < -0.4 is 10.6 Å². The molecular formula is C12H16N4O3S. The van der Waals surface area contributed by atoms with Gasteiger partial charge in [-0.15, -0.1) is 0 Å². The third kappa shape index (κ3) is 3.13. The molecule has 8 heteroatoms. The second kappa shape index (κ2) is 6.47. The largest absolute Gasteiger partial charge is 0.409 e. The van der Waals surface area contributed by atoms with Gasteiger partial charge >= 0.3 is 0 Å². The van der Waals surface area contributed by atoms with Crippen molar-refractivity contribution in [1.29, 1.82) is 0 Å². The number of thioether (sulfide) groups is 1. The monoisotopic (exact) mass is 296 g/mol. The Labute approximate surface area is 120 Å². The lowest BCUT2D eigenvalue weighted by Crippen LogP contribution is -2.28. The van der Waals surface area contributed by atoms with Gasteiger partial charge in [0, 0.05) is 36.7 Å². The summed E-state index contributed by atoms with van der Waals surface area (Å²) in [5.74, 6) is 1.98. The summed E-state index contributed by atoms with van der Waals surface area (Å²) in [5, 5.41) is 22.7. The van der Waals surface area contributed by atoms with Gasteiger partial charge < -0.3 is 15.8 Å². The van der Waals surface area contributed by atoms with Crippen LogP contribution in [-0.4, -0.2) is 40.6 Å². The third-order valence-electron chi connectivity index (χ3n) is 3.14. The standard InChI is InChI=1S/C12H16N4O3S/c13-12(14-17)10-8-9(16(18)19)2-3-11(10)15-4-1-6-20-7-5-15/h2-3,8,17H,1,4-7H2,(H2,13,14). The number of anilines is 1. The van der Waals surface area contributed by atoms with E-state index in [-0.39, 0.29) is 11.5 Å². The average molecular weight is 296 g/mol. The molecular weight excluding hydrogens is 280 g/mol. The smallest absolute Gasteiger partial charge is 0.270 e. The average Bonchev–Trinajstić information content (AvgIpc) is 2.74. The van der Waals surface area contributed by atoms with Crippen molar-refractivity contribution in [2.24, 2.45) is 10.9 Å². The van der Waals surface area contributed by atoms with Crippen LogP contribution in [0.25, 0.3) is 0 Å². The maximum Gasteiger partial charge on any atom is 0.270 e. The molecule has 3 N–H and O–H groups in total. The Balaban J connectivity index is 2.42. The van der Waals surface area contributed by atoms with E-state index >= 15 is 0 Å². The molecule has 0 bridgehead atoms. The fourth-order valence-corrected chi connectivity index (χ4v) is 3.05. The number of hydrogen-bond donors (Lipinski definition) is 2. The van der Waals surface area contributed by atoms with Crippen LogP contribution >= 0.6 is 11.8 Å². The van der Waals surface area contributed by atoms with Gasteiger partial charge in [0.1, 0.15) is 0 Å². The summed E-state index contributed by atoms with van der Waals surface area (Å²) in [6.45, 7) is 1.70. The van der Waals surface area contributed by atoms with Crippen LogP contribution in [0.5, 0.6) is 0 Å². The molecule has 20 heavy (non-hydrogen) atoms. The quantitative estimate of drug-likeness (QED) is 0.289. The number of hydrogen-bond acceptors (Lipinski definition) is 6. The van der Waals surface area contributed by atoms with Gasteiger partial charge in [-0.2, -0.15) is 11.8 Å². The molecule has 1 aliphatic rings. The molecule has 1 aromatic rings. The first kappa shape index (κ1) is 14.4. The van der Waals surface area contributed by atoms with Crippen LogP contribution in [0.15, 0.2) is 23.4 Å². The first-order valence-corrected chi connectivity index (χ1v) is 7.38. The van der Waals surface area contributed by atoms with Crippen LogP contribution in [0, 0.1) is 10.1 Å². The van der Waals surface area contributed by atoms with Crippen molar-refractivity contribution in [2.75, 3.05) is 29.5 Å². The molecule has 0 saturated carbocycles. The first-order chi connectivity index (χ1) is 9.63. The molecule has 0 spiro atoms. The van der Waals surface area contributed by atoms with Crippen LogP contribution in [0.3, 0.4) is 0 Å². The molecule has 0 unspecified atom stereocenters. The predicted octanol–water partition coefficient (Wildman–Crippen LogP) is 1.63. The number of nitrogens with two attached hydrogens (primary N) is 1. The molecule has 0 radical (unpaired) electrons. The lowest BCUT2D eigenvalue weighted by molar-refractivity contribution is -0.384. The molecule has 2 rings (SSSR count). The van der Waals surface area contributed by atoms with Crippen molar-refractivity contribution in [1.82, 2.24) is 0 Å². The Bertz CT molecular complexity index is 527.